The largest absolute Gasteiger partial charge is 0.384 e. The fourth-order valence-electron chi connectivity index (χ4n) is 5.73. The van der Waals surface area contributed by atoms with Crippen LogP contribution in [0.25, 0.3) is 33.3 Å². The van der Waals surface area contributed by atoms with Crippen molar-refractivity contribution in [3.8, 4) is 11.3 Å². The van der Waals surface area contributed by atoms with Gasteiger partial charge in [-0.3, -0.25) is 4.98 Å². The lowest BCUT2D eigenvalue weighted by atomic mass is 9.86. The molecule has 1 aliphatic rings. The number of benzene rings is 1. The molecule has 4 aromatic heterocycles. The maximum atomic E-state index is 15.5. The molecule has 6 rings (SSSR count). The Hall–Kier alpha value is -3.69. The van der Waals surface area contributed by atoms with Crippen LogP contribution in [-0.4, -0.2) is 47.8 Å². The molecule has 0 aliphatic carbocycles. The van der Waals surface area contributed by atoms with E-state index in [4.69, 9.17) is 14.7 Å². The summed E-state index contributed by atoms with van der Waals surface area (Å²) >= 11 is 0. The van der Waals surface area contributed by atoms with Gasteiger partial charge in [0.1, 0.15) is 17.1 Å². The minimum Gasteiger partial charge on any atom is -0.384 e. The fourth-order valence-corrected chi connectivity index (χ4v) is 5.73. The standard InChI is InChI=1S/C29H31FN6O2/c1-17-26(35(4)34-33-17)19-15-23-25(31-16-19)21-9-10-24(29(2,3)37)32-28(21)36(23)27(18-11-13-38-14-12-18)20-7-5-6-8-22(20)30/h5-10,15-16,18,27,37H,11-14H2,1-4H3/t27-/m0/s1. The molecule has 0 unspecified atom stereocenters. The van der Waals surface area contributed by atoms with Gasteiger partial charge in [0.2, 0.25) is 0 Å². The van der Waals surface area contributed by atoms with Crippen molar-refractivity contribution in [2.75, 3.05) is 13.2 Å². The van der Waals surface area contributed by atoms with E-state index in [2.05, 4.69) is 20.9 Å². The minimum atomic E-state index is -1.14. The van der Waals surface area contributed by atoms with Gasteiger partial charge in [0, 0.05) is 43.0 Å². The van der Waals surface area contributed by atoms with Crippen LogP contribution in [0.1, 0.15) is 49.7 Å². The predicted octanol–water partition coefficient (Wildman–Crippen LogP) is 5.07. The van der Waals surface area contributed by atoms with Gasteiger partial charge < -0.3 is 14.4 Å². The number of ether oxygens (including phenoxy) is 1. The molecule has 1 fully saturated rings. The first kappa shape index (κ1) is 24.6. The Bertz CT molecular complexity index is 1630. The number of aromatic nitrogens is 6. The number of aryl methyl sites for hydroxylation is 2. The maximum Gasteiger partial charge on any atom is 0.143 e. The highest BCUT2D eigenvalue weighted by molar-refractivity contribution is 6.05. The Labute approximate surface area is 220 Å². The average Bonchev–Trinajstić information content (AvgIpc) is 3.41. The summed E-state index contributed by atoms with van der Waals surface area (Å²) in [5.41, 5.74) is 4.84. The molecule has 1 aliphatic heterocycles. The van der Waals surface area contributed by atoms with Crippen LogP contribution >= 0.6 is 0 Å². The number of fused-ring (bicyclic) bond motifs is 3. The highest BCUT2D eigenvalue weighted by atomic mass is 19.1. The predicted molar refractivity (Wildman–Crippen MR) is 143 cm³/mol. The third kappa shape index (κ3) is 4.06. The number of aliphatic hydroxyl groups is 1. The first-order valence-corrected chi connectivity index (χ1v) is 13.0. The van der Waals surface area contributed by atoms with E-state index in [0.717, 1.165) is 46.2 Å². The fraction of sp³-hybridized carbons (Fsp3) is 0.379. The highest BCUT2D eigenvalue weighted by Crippen LogP contribution is 2.41. The van der Waals surface area contributed by atoms with Gasteiger partial charge in [-0.1, -0.05) is 23.4 Å². The Morgan fingerprint density at radius 3 is 2.58 bits per heavy atom. The quantitative estimate of drug-likeness (QED) is 0.352. The second-order valence-electron chi connectivity index (χ2n) is 10.7. The normalized spacial score (nSPS) is 15.9. The van der Waals surface area contributed by atoms with Crippen LogP contribution in [0, 0.1) is 18.7 Å². The Morgan fingerprint density at radius 2 is 1.89 bits per heavy atom. The van der Waals surface area contributed by atoms with Crippen molar-refractivity contribution in [2.45, 2.75) is 45.3 Å². The third-order valence-electron chi connectivity index (χ3n) is 7.60. The maximum absolute atomic E-state index is 15.5. The number of rotatable bonds is 5. The summed E-state index contributed by atoms with van der Waals surface area (Å²) in [5, 5.41) is 20.1. The van der Waals surface area contributed by atoms with Crippen molar-refractivity contribution in [1.82, 2.24) is 29.5 Å². The summed E-state index contributed by atoms with van der Waals surface area (Å²) in [6, 6.07) is 12.5. The summed E-state index contributed by atoms with van der Waals surface area (Å²) in [7, 11) is 1.86. The topological polar surface area (TPSA) is 90.9 Å². The van der Waals surface area contributed by atoms with E-state index in [9.17, 15) is 5.11 Å². The van der Waals surface area contributed by atoms with E-state index in [-0.39, 0.29) is 17.8 Å². The average molecular weight is 515 g/mol. The smallest absolute Gasteiger partial charge is 0.143 e. The van der Waals surface area contributed by atoms with E-state index < -0.39 is 5.60 Å². The lowest BCUT2D eigenvalue weighted by Gasteiger charge is -2.33. The second-order valence-corrected chi connectivity index (χ2v) is 10.7. The molecule has 0 bridgehead atoms. The molecule has 1 atom stereocenters. The number of hydrogen-bond donors (Lipinski definition) is 1. The zero-order chi connectivity index (χ0) is 26.6. The van der Waals surface area contributed by atoms with Gasteiger partial charge in [-0.15, -0.1) is 5.10 Å². The molecule has 196 valence electrons. The molecule has 0 saturated carbocycles. The van der Waals surface area contributed by atoms with Crippen molar-refractivity contribution in [3.63, 3.8) is 0 Å². The lowest BCUT2D eigenvalue weighted by molar-refractivity contribution is 0.0547. The molecule has 0 radical (unpaired) electrons. The summed E-state index contributed by atoms with van der Waals surface area (Å²) in [4.78, 5) is 9.86. The molecule has 1 N–H and O–H groups in total. The Balaban J connectivity index is 1.71. The number of nitrogens with zero attached hydrogens (tertiary/aromatic N) is 6. The van der Waals surface area contributed by atoms with Crippen LogP contribution in [0.5, 0.6) is 0 Å². The molecule has 0 amide bonds. The molecule has 9 heteroatoms. The SMILES string of the molecule is Cc1nnn(C)c1-c1cnc2c3ccc(C(C)(C)O)nc3n([C@H](c3ccccc3F)C3CCOCC3)c2c1. The molecule has 38 heavy (non-hydrogen) atoms. The number of pyridine rings is 2. The molecule has 1 saturated heterocycles. The first-order chi connectivity index (χ1) is 18.2. The zero-order valence-corrected chi connectivity index (χ0v) is 22.0. The van der Waals surface area contributed by atoms with E-state index in [0.29, 0.717) is 30.1 Å². The van der Waals surface area contributed by atoms with Crippen LogP contribution < -0.4 is 0 Å². The van der Waals surface area contributed by atoms with Gasteiger partial charge in [-0.25, -0.2) is 14.1 Å². The minimum absolute atomic E-state index is 0.121. The monoisotopic (exact) mass is 514 g/mol. The van der Waals surface area contributed by atoms with Gasteiger partial charge in [-0.2, -0.15) is 0 Å². The van der Waals surface area contributed by atoms with Crippen LogP contribution in [0.2, 0.25) is 0 Å². The highest BCUT2D eigenvalue weighted by Gasteiger charge is 2.33. The molecular weight excluding hydrogens is 483 g/mol. The molecule has 5 heterocycles. The van der Waals surface area contributed by atoms with Crippen molar-refractivity contribution in [1.29, 1.82) is 0 Å². The van der Waals surface area contributed by atoms with Crippen molar-refractivity contribution >= 4 is 22.1 Å². The Kier molecular flexibility index (Phi) is 6.00. The summed E-state index contributed by atoms with van der Waals surface area (Å²) in [5.74, 6) is -0.135. The van der Waals surface area contributed by atoms with Gasteiger partial charge >= 0.3 is 0 Å². The molecular formula is C29H31FN6O2. The molecule has 8 nitrogen and oxygen atoms in total. The van der Waals surface area contributed by atoms with Crippen LogP contribution in [0.3, 0.4) is 0 Å². The van der Waals surface area contributed by atoms with Gasteiger partial charge in [0.15, 0.2) is 0 Å². The lowest BCUT2D eigenvalue weighted by Crippen LogP contribution is -2.28. The zero-order valence-electron chi connectivity index (χ0n) is 22.0. The molecule has 1 aromatic carbocycles. The molecule has 0 spiro atoms. The van der Waals surface area contributed by atoms with Crippen molar-refractivity contribution in [2.24, 2.45) is 13.0 Å². The van der Waals surface area contributed by atoms with E-state index in [1.165, 1.54) is 6.07 Å². The number of halogens is 1. The van der Waals surface area contributed by atoms with Gasteiger partial charge in [0.25, 0.3) is 0 Å². The van der Waals surface area contributed by atoms with E-state index in [1.807, 2.05) is 44.4 Å². The second kappa shape index (κ2) is 9.25. The van der Waals surface area contributed by atoms with Gasteiger partial charge in [0.05, 0.1) is 34.2 Å². The van der Waals surface area contributed by atoms with Crippen LogP contribution in [0.15, 0.2) is 48.7 Å². The first-order valence-electron chi connectivity index (χ1n) is 13.0. The molecule has 5 aromatic rings. The van der Waals surface area contributed by atoms with Crippen LogP contribution in [-0.2, 0) is 17.4 Å². The van der Waals surface area contributed by atoms with Crippen LogP contribution in [0.4, 0.5) is 4.39 Å². The van der Waals surface area contributed by atoms with Crippen molar-refractivity contribution < 1.29 is 14.2 Å². The van der Waals surface area contributed by atoms with Crippen molar-refractivity contribution in [3.05, 3.63) is 71.4 Å². The summed E-state index contributed by atoms with van der Waals surface area (Å²) in [6.07, 6.45) is 3.42. The summed E-state index contributed by atoms with van der Waals surface area (Å²) in [6.45, 7) is 6.60. The van der Waals surface area contributed by atoms with E-state index in [1.54, 1.807) is 24.6 Å². The number of hydrogen-bond acceptors (Lipinski definition) is 6. The Morgan fingerprint density at radius 1 is 1.13 bits per heavy atom. The van der Waals surface area contributed by atoms with Gasteiger partial charge in [-0.05, 0) is 63.8 Å². The third-order valence-corrected chi connectivity index (χ3v) is 7.60. The van der Waals surface area contributed by atoms with E-state index >= 15 is 4.39 Å². The summed E-state index contributed by atoms with van der Waals surface area (Å²) < 4.78 is 25.1.